The summed E-state index contributed by atoms with van der Waals surface area (Å²) < 4.78 is 36.6. The molecule has 0 saturated heterocycles. The summed E-state index contributed by atoms with van der Waals surface area (Å²) in [4.78, 5) is 12.2. The average molecular weight is 386 g/mol. The van der Waals surface area contributed by atoms with E-state index in [0.29, 0.717) is 23.0 Å². The summed E-state index contributed by atoms with van der Waals surface area (Å²) in [5, 5.41) is 13.2. The van der Waals surface area contributed by atoms with Gasteiger partial charge in [-0.2, -0.15) is 0 Å². The van der Waals surface area contributed by atoms with Crippen LogP contribution in [0.4, 0.5) is 26.0 Å². The van der Waals surface area contributed by atoms with Gasteiger partial charge in [0.25, 0.3) is 5.91 Å². The second-order valence-electron chi connectivity index (χ2n) is 5.58. The Morgan fingerprint density at radius 1 is 0.857 bits per heavy atom. The summed E-state index contributed by atoms with van der Waals surface area (Å²) in [7, 11) is 3.07. The van der Waals surface area contributed by atoms with Crippen LogP contribution in [0.25, 0.3) is 0 Å². The van der Waals surface area contributed by atoms with Crippen LogP contribution >= 0.6 is 0 Å². The van der Waals surface area contributed by atoms with E-state index in [1.807, 2.05) is 0 Å². The molecule has 0 aliphatic rings. The minimum Gasteiger partial charge on any atom is -0.493 e. The molecule has 0 spiro atoms. The van der Waals surface area contributed by atoms with Crippen LogP contribution in [0.5, 0.6) is 11.5 Å². The molecule has 0 bridgehead atoms. The number of methoxy groups -OCH3 is 2. The maximum atomic E-state index is 13.2. The molecule has 9 heteroatoms. The Labute approximate surface area is 159 Å². The number of hydrogen-bond donors (Lipinski definition) is 2. The molecule has 0 saturated carbocycles. The van der Waals surface area contributed by atoms with Gasteiger partial charge in [-0.15, -0.1) is 10.2 Å². The topological polar surface area (TPSA) is 85.4 Å². The molecule has 1 amide bonds. The smallest absolute Gasteiger partial charge is 0.276 e. The molecular weight excluding hydrogens is 370 g/mol. The van der Waals surface area contributed by atoms with Gasteiger partial charge in [0.15, 0.2) is 34.6 Å². The molecule has 28 heavy (non-hydrogen) atoms. The molecule has 0 unspecified atom stereocenters. The molecule has 3 aromatic rings. The van der Waals surface area contributed by atoms with Crippen LogP contribution in [-0.4, -0.2) is 30.3 Å². The minimum absolute atomic E-state index is 0.0163. The first-order valence-electron chi connectivity index (χ1n) is 8.09. The van der Waals surface area contributed by atoms with Crippen molar-refractivity contribution < 1.29 is 23.0 Å². The zero-order valence-corrected chi connectivity index (χ0v) is 15.0. The first-order valence-corrected chi connectivity index (χ1v) is 8.09. The van der Waals surface area contributed by atoms with Crippen LogP contribution < -0.4 is 20.1 Å². The number of hydrogen-bond acceptors (Lipinski definition) is 6. The highest BCUT2D eigenvalue weighted by Gasteiger charge is 2.11. The number of aromatic nitrogens is 2. The van der Waals surface area contributed by atoms with Gasteiger partial charge in [0.05, 0.1) is 14.2 Å². The molecule has 0 fully saturated rings. The van der Waals surface area contributed by atoms with Crippen LogP contribution in [0.3, 0.4) is 0 Å². The number of nitrogens with zero attached hydrogens (tertiary/aromatic N) is 2. The first-order chi connectivity index (χ1) is 13.5. The molecule has 2 aromatic carbocycles. The molecular formula is C19H16F2N4O3. The van der Waals surface area contributed by atoms with Gasteiger partial charge >= 0.3 is 0 Å². The highest BCUT2D eigenvalue weighted by atomic mass is 19.2. The predicted molar refractivity (Wildman–Crippen MR) is 99.2 cm³/mol. The first kappa shape index (κ1) is 19.0. The summed E-state index contributed by atoms with van der Waals surface area (Å²) >= 11 is 0. The Bertz CT molecular complexity index is 997. The molecule has 2 N–H and O–H groups in total. The van der Waals surface area contributed by atoms with Crippen molar-refractivity contribution in [3.8, 4) is 11.5 Å². The van der Waals surface area contributed by atoms with Gasteiger partial charge in [0, 0.05) is 23.5 Å². The third kappa shape index (κ3) is 4.32. The molecule has 0 atom stereocenters. The maximum Gasteiger partial charge on any atom is 0.276 e. The third-order valence-electron chi connectivity index (χ3n) is 3.73. The number of rotatable bonds is 6. The van der Waals surface area contributed by atoms with E-state index in [9.17, 15) is 13.6 Å². The second kappa shape index (κ2) is 8.30. The van der Waals surface area contributed by atoms with Crippen LogP contribution in [0.1, 0.15) is 10.5 Å². The number of benzene rings is 2. The standard InChI is InChI=1S/C19H16F2N4O3/c1-27-16-7-4-12(10-17(16)28-2)22-18-8-6-15(24-25-18)19(26)23-11-3-5-13(20)14(21)9-11/h3-10H,1-2H3,(H,22,25)(H,23,26). The Kier molecular flexibility index (Phi) is 5.64. The van der Waals surface area contributed by atoms with Gasteiger partial charge in [-0.3, -0.25) is 4.79 Å². The third-order valence-corrected chi connectivity index (χ3v) is 3.73. The zero-order valence-electron chi connectivity index (χ0n) is 15.0. The highest BCUT2D eigenvalue weighted by Crippen LogP contribution is 2.30. The monoisotopic (exact) mass is 386 g/mol. The summed E-state index contributed by atoms with van der Waals surface area (Å²) in [5.74, 6) is -1.12. The van der Waals surface area contributed by atoms with Gasteiger partial charge in [0.1, 0.15) is 0 Å². The van der Waals surface area contributed by atoms with Crippen molar-refractivity contribution in [2.24, 2.45) is 0 Å². The number of ether oxygens (including phenoxy) is 2. The Hall–Kier alpha value is -3.75. The van der Waals surface area contributed by atoms with E-state index in [4.69, 9.17) is 9.47 Å². The zero-order chi connectivity index (χ0) is 20.1. The highest BCUT2D eigenvalue weighted by molar-refractivity contribution is 6.02. The molecule has 0 radical (unpaired) electrons. The van der Waals surface area contributed by atoms with E-state index in [1.54, 1.807) is 31.4 Å². The number of amides is 1. The molecule has 1 heterocycles. The van der Waals surface area contributed by atoms with Crippen LogP contribution in [0, 0.1) is 11.6 Å². The van der Waals surface area contributed by atoms with Gasteiger partial charge in [-0.25, -0.2) is 8.78 Å². The van der Waals surface area contributed by atoms with Crippen LogP contribution in [0.2, 0.25) is 0 Å². The normalized spacial score (nSPS) is 10.3. The second-order valence-corrected chi connectivity index (χ2v) is 5.58. The van der Waals surface area contributed by atoms with Crippen molar-refractivity contribution in [3.05, 3.63) is 65.9 Å². The SMILES string of the molecule is COc1ccc(Nc2ccc(C(=O)Nc3ccc(F)c(F)c3)nn2)cc1OC. The largest absolute Gasteiger partial charge is 0.493 e. The van der Waals surface area contributed by atoms with Crippen LogP contribution in [0.15, 0.2) is 48.5 Å². The number of carbonyl (C=O) groups is 1. The van der Waals surface area contributed by atoms with Crippen molar-refractivity contribution >= 4 is 23.1 Å². The van der Waals surface area contributed by atoms with E-state index in [-0.39, 0.29) is 11.4 Å². The Morgan fingerprint density at radius 3 is 2.25 bits per heavy atom. The summed E-state index contributed by atoms with van der Waals surface area (Å²) in [6.07, 6.45) is 0. The Balaban J connectivity index is 1.69. The summed E-state index contributed by atoms with van der Waals surface area (Å²) in [5.41, 5.74) is 0.812. The van der Waals surface area contributed by atoms with Crippen molar-refractivity contribution in [3.63, 3.8) is 0 Å². The fourth-order valence-electron chi connectivity index (χ4n) is 2.35. The lowest BCUT2D eigenvalue weighted by Crippen LogP contribution is -2.14. The van der Waals surface area contributed by atoms with Crippen LogP contribution in [-0.2, 0) is 0 Å². The molecule has 7 nitrogen and oxygen atoms in total. The number of nitrogens with one attached hydrogen (secondary N) is 2. The number of halogens is 2. The van der Waals surface area contributed by atoms with Gasteiger partial charge in [-0.1, -0.05) is 0 Å². The van der Waals surface area contributed by atoms with E-state index in [1.165, 1.54) is 19.2 Å². The van der Waals surface area contributed by atoms with Gasteiger partial charge in [0.2, 0.25) is 0 Å². The van der Waals surface area contributed by atoms with E-state index in [2.05, 4.69) is 20.8 Å². The minimum atomic E-state index is -1.06. The van der Waals surface area contributed by atoms with Crippen molar-refractivity contribution in [2.75, 3.05) is 24.9 Å². The van der Waals surface area contributed by atoms with Gasteiger partial charge in [-0.05, 0) is 36.4 Å². The van der Waals surface area contributed by atoms with E-state index in [0.717, 1.165) is 12.1 Å². The fraction of sp³-hybridized carbons (Fsp3) is 0.105. The van der Waals surface area contributed by atoms with E-state index < -0.39 is 17.5 Å². The lowest BCUT2D eigenvalue weighted by molar-refractivity contribution is 0.102. The lowest BCUT2D eigenvalue weighted by atomic mass is 10.2. The molecule has 0 aliphatic carbocycles. The Morgan fingerprint density at radius 2 is 1.61 bits per heavy atom. The predicted octanol–water partition coefficient (Wildman–Crippen LogP) is 3.77. The van der Waals surface area contributed by atoms with E-state index >= 15 is 0 Å². The maximum absolute atomic E-state index is 13.2. The van der Waals surface area contributed by atoms with Gasteiger partial charge < -0.3 is 20.1 Å². The summed E-state index contributed by atoms with van der Waals surface area (Å²) in [6.45, 7) is 0. The molecule has 0 aliphatic heterocycles. The van der Waals surface area contributed by atoms with Crippen molar-refractivity contribution in [2.45, 2.75) is 0 Å². The average Bonchev–Trinajstić information content (AvgIpc) is 2.71. The number of carbonyl (C=O) groups excluding carboxylic acids is 1. The number of anilines is 3. The summed E-state index contributed by atoms with van der Waals surface area (Å²) in [6, 6.07) is 11.3. The van der Waals surface area contributed by atoms with Crippen molar-refractivity contribution in [1.82, 2.24) is 10.2 Å². The molecule has 1 aromatic heterocycles. The van der Waals surface area contributed by atoms with Crippen molar-refractivity contribution in [1.29, 1.82) is 0 Å². The fourth-order valence-corrected chi connectivity index (χ4v) is 2.35. The lowest BCUT2D eigenvalue weighted by Gasteiger charge is -2.11. The molecule has 144 valence electrons. The quantitative estimate of drug-likeness (QED) is 0.671. The molecule has 3 rings (SSSR count).